The Balaban J connectivity index is 1.79. The maximum atomic E-state index is 5.39. The Morgan fingerprint density at radius 1 is 1.24 bits per heavy atom. The van der Waals surface area contributed by atoms with Gasteiger partial charge in [-0.05, 0) is 43.5 Å². The Bertz CT molecular complexity index is 333. The SMILES string of the molecule is CN(Cc1ccc(Br)cc1)CC1CCOCC1. The molecule has 0 N–H and O–H groups in total. The van der Waals surface area contributed by atoms with Crippen LogP contribution in [0.2, 0.25) is 0 Å². The highest BCUT2D eigenvalue weighted by atomic mass is 79.9. The van der Waals surface area contributed by atoms with Gasteiger partial charge in [0.1, 0.15) is 0 Å². The summed E-state index contributed by atoms with van der Waals surface area (Å²) in [5.41, 5.74) is 1.38. The van der Waals surface area contributed by atoms with Gasteiger partial charge in [-0.2, -0.15) is 0 Å². The van der Waals surface area contributed by atoms with E-state index >= 15 is 0 Å². The van der Waals surface area contributed by atoms with Gasteiger partial charge in [-0.1, -0.05) is 28.1 Å². The summed E-state index contributed by atoms with van der Waals surface area (Å²) in [6, 6.07) is 8.59. The topological polar surface area (TPSA) is 12.5 Å². The van der Waals surface area contributed by atoms with Crippen molar-refractivity contribution >= 4 is 15.9 Å². The van der Waals surface area contributed by atoms with Crippen LogP contribution in [0.25, 0.3) is 0 Å². The van der Waals surface area contributed by atoms with Gasteiger partial charge in [-0.15, -0.1) is 0 Å². The molecule has 1 aromatic rings. The Morgan fingerprint density at radius 2 is 1.88 bits per heavy atom. The number of rotatable bonds is 4. The van der Waals surface area contributed by atoms with Crippen LogP contribution in [0.15, 0.2) is 28.7 Å². The molecule has 0 saturated carbocycles. The second kappa shape index (κ2) is 6.53. The fourth-order valence-corrected chi connectivity index (χ4v) is 2.60. The molecule has 0 aromatic heterocycles. The Kier molecular flexibility index (Phi) is 5.01. The van der Waals surface area contributed by atoms with Gasteiger partial charge in [0.15, 0.2) is 0 Å². The van der Waals surface area contributed by atoms with Gasteiger partial charge < -0.3 is 9.64 Å². The monoisotopic (exact) mass is 297 g/mol. The predicted molar refractivity (Wildman–Crippen MR) is 74.0 cm³/mol. The third-order valence-corrected chi connectivity index (χ3v) is 3.81. The van der Waals surface area contributed by atoms with Gasteiger partial charge in [-0.25, -0.2) is 0 Å². The lowest BCUT2D eigenvalue weighted by atomic mass is 10.00. The van der Waals surface area contributed by atoms with E-state index < -0.39 is 0 Å². The van der Waals surface area contributed by atoms with Crippen molar-refractivity contribution in [3.8, 4) is 0 Å². The molecule has 0 radical (unpaired) electrons. The molecule has 17 heavy (non-hydrogen) atoms. The lowest BCUT2D eigenvalue weighted by Gasteiger charge is -2.27. The maximum Gasteiger partial charge on any atom is 0.0469 e. The molecule has 1 heterocycles. The third kappa shape index (κ3) is 4.41. The highest BCUT2D eigenvalue weighted by Gasteiger charge is 2.15. The summed E-state index contributed by atoms with van der Waals surface area (Å²) in [4.78, 5) is 2.42. The second-order valence-electron chi connectivity index (χ2n) is 4.88. The van der Waals surface area contributed by atoms with E-state index in [0.717, 1.165) is 30.1 Å². The average Bonchev–Trinajstić information content (AvgIpc) is 2.33. The Labute approximate surface area is 112 Å². The van der Waals surface area contributed by atoms with E-state index in [1.54, 1.807) is 0 Å². The summed E-state index contributed by atoms with van der Waals surface area (Å²) < 4.78 is 6.54. The van der Waals surface area contributed by atoms with E-state index in [4.69, 9.17) is 4.74 Å². The minimum Gasteiger partial charge on any atom is -0.381 e. The lowest BCUT2D eigenvalue weighted by molar-refractivity contribution is 0.0549. The molecule has 0 amide bonds. The molecule has 0 bridgehead atoms. The van der Waals surface area contributed by atoms with Crippen molar-refractivity contribution in [2.75, 3.05) is 26.8 Å². The zero-order chi connectivity index (χ0) is 12.1. The van der Waals surface area contributed by atoms with Crippen molar-refractivity contribution < 1.29 is 4.74 Å². The van der Waals surface area contributed by atoms with Crippen LogP contribution in [0.5, 0.6) is 0 Å². The fraction of sp³-hybridized carbons (Fsp3) is 0.571. The number of benzene rings is 1. The molecule has 0 unspecified atom stereocenters. The third-order valence-electron chi connectivity index (χ3n) is 3.28. The molecule has 0 spiro atoms. The van der Waals surface area contributed by atoms with E-state index in [1.165, 1.54) is 24.9 Å². The van der Waals surface area contributed by atoms with Crippen molar-refractivity contribution in [2.45, 2.75) is 19.4 Å². The molecule has 0 atom stereocenters. The first-order valence-electron chi connectivity index (χ1n) is 6.25. The maximum absolute atomic E-state index is 5.39. The van der Waals surface area contributed by atoms with E-state index in [-0.39, 0.29) is 0 Å². The molecule has 2 rings (SSSR count). The molecule has 1 saturated heterocycles. The average molecular weight is 298 g/mol. The fourth-order valence-electron chi connectivity index (χ4n) is 2.34. The molecule has 1 aliphatic rings. The summed E-state index contributed by atoms with van der Waals surface area (Å²) in [5, 5.41) is 0. The van der Waals surface area contributed by atoms with Crippen molar-refractivity contribution in [1.29, 1.82) is 0 Å². The van der Waals surface area contributed by atoms with Gasteiger partial charge >= 0.3 is 0 Å². The molecule has 94 valence electrons. The highest BCUT2D eigenvalue weighted by Crippen LogP contribution is 2.17. The summed E-state index contributed by atoms with van der Waals surface area (Å²) in [7, 11) is 2.21. The zero-order valence-corrected chi connectivity index (χ0v) is 11.9. The number of halogens is 1. The van der Waals surface area contributed by atoms with Crippen LogP contribution in [0.3, 0.4) is 0 Å². The Morgan fingerprint density at radius 3 is 2.53 bits per heavy atom. The standard InChI is InChI=1S/C14H20BrNO/c1-16(11-13-6-8-17-9-7-13)10-12-2-4-14(15)5-3-12/h2-5,13H,6-11H2,1H3. The summed E-state index contributed by atoms with van der Waals surface area (Å²) in [6.07, 6.45) is 2.43. The van der Waals surface area contributed by atoms with Gasteiger partial charge in [0.2, 0.25) is 0 Å². The first-order valence-corrected chi connectivity index (χ1v) is 7.04. The highest BCUT2D eigenvalue weighted by molar-refractivity contribution is 9.10. The molecule has 1 fully saturated rings. The van der Waals surface area contributed by atoms with Crippen LogP contribution in [0, 0.1) is 5.92 Å². The molecular weight excluding hydrogens is 278 g/mol. The first kappa shape index (κ1) is 13.1. The number of hydrogen-bond acceptors (Lipinski definition) is 2. The van der Waals surface area contributed by atoms with E-state index in [2.05, 4.69) is 52.1 Å². The predicted octanol–water partition coefficient (Wildman–Crippen LogP) is 3.31. The zero-order valence-electron chi connectivity index (χ0n) is 10.4. The van der Waals surface area contributed by atoms with Crippen LogP contribution in [-0.2, 0) is 11.3 Å². The lowest BCUT2D eigenvalue weighted by Crippen LogP contribution is -2.29. The minimum atomic E-state index is 0.809. The van der Waals surface area contributed by atoms with Crippen molar-refractivity contribution in [1.82, 2.24) is 4.90 Å². The normalized spacial score (nSPS) is 17.6. The molecule has 0 aliphatic carbocycles. The number of ether oxygens (including phenoxy) is 1. The molecule has 3 heteroatoms. The van der Waals surface area contributed by atoms with Gasteiger partial charge in [-0.3, -0.25) is 0 Å². The van der Waals surface area contributed by atoms with Crippen molar-refractivity contribution in [3.05, 3.63) is 34.3 Å². The van der Waals surface area contributed by atoms with Crippen LogP contribution in [0.1, 0.15) is 18.4 Å². The first-order chi connectivity index (χ1) is 8.24. The molecular formula is C14H20BrNO. The van der Waals surface area contributed by atoms with Gasteiger partial charge in [0.05, 0.1) is 0 Å². The molecule has 2 nitrogen and oxygen atoms in total. The van der Waals surface area contributed by atoms with Crippen LogP contribution < -0.4 is 0 Å². The van der Waals surface area contributed by atoms with Crippen LogP contribution in [0.4, 0.5) is 0 Å². The quantitative estimate of drug-likeness (QED) is 0.845. The summed E-state index contributed by atoms with van der Waals surface area (Å²) in [6.45, 7) is 4.09. The van der Waals surface area contributed by atoms with Gasteiger partial charge in [0, 0.05) is 30.8 Å². The van der Waals surface area contributed by atoms with Crippen LogP contribution in [-0.4, -0.2) is 31.7 Å². The molecule has 1 aromatic carbocycles. The second-order valence-corrected chi connectivity index (χ2v) is 5.79. The summed E-state index contributed by atoms with van der Waals surface area (Å²) in [5.74, 6) is 0.809. The summed E-state index contributed by atoms with van der Waals surface area (Å²) >= 11 is 3.46. The van der Waals surface area contributed by atoms with E-state index in [1.807, 2.05) is 0 Å². The van der Waals surface area contributed by atoms with Crippen molar-refractivity contribution in [2.24, 2.45) is 5.92 Å². The number of nitrogens with zero attached hydrogens (tertiary/aromatic N) is 1. The smallest absolute Gasteiger partial charge is 0.0469 e. The van der Waals surface area contributed by atoms with Crippen molar-refractivity contribution in [3.63, 3.8) is 0 Å². The van der Waals surface area contributed by atoms with E-state index in [0.29, 0.717) is 0 Å². The number of hydrogen-bond donors (Lipinski definition) is 0. The van der Waals surface area contributed by atoms with Crippen LogP contribution >= 0.6 is 15.9 Å². The van der Waals surface area contributed by atoms with E-state index in [9.17, 15) is 0 Å². The largest absolute Gasteiger partial charge is 0.381 e. The Hall–Kier alpha value is -0.380. The van der Waals surface area contributed by atoms with Gasteiger partial charge in [0.25, 0.3) is 0 Å². The minimum absolute atomic E-state index is 0.809. The molecule has 1 aliphatic heterocycles.